The van der Waals surface area contributed by atoms with E-state index < -0.39 is 40.1 Å². The van der Waals surface area contributed by atoms with Gasteiger partial charge < -0.3 is 15.5 Å². The van der Waals surface area contributed by atoms with E-state index in [1.165, 1.54) is 19.4 Å². The molecule has 1 aliphatic rings. The van der Waals surface area contributed by atoms with Gasteiger partial charge in [-0.05, 0) is 6.92 Å². The van der Waals surface area contributed by atoms with Gasteiger partial charge in [0.25, 0.3) is 11.8 Å². The molecular formula is C12H14ClN5O7S2. The minimum absolute atomic E-state index is 0.0512. The van der Waals surface area contributed by atoms with Crippen LogP contribution in [0.4, 0.5) is 5.13 Å². The summed E-state index contributed by atoms with van der Waals surface area (Å²) in [4.78, 5) is 44.2. The molecule has 1 fully saturated rings. The number of β-lactam (4-membered cyclic amide) rings is 1. The molecule has 0 unspecified atom stereocenters. The molecule has 12 nitrogen and oxygen atoms in total. The molecule has 1 aliphatic heterocycles. The van der Waals surface area contributed by atoms with Crippen LogP contribution in [0.1, 0.15) is 12.6 Å². The molecule has 2 atom stereocenters. The van der Waals surface area contributed by atoms with Gasteiger partial charge in [-0.15, -0.1) is 22.9 Å². The third kappa shape index (κ3) is 4.52. The zero-order chi connectivity index (χ0) is 20.4. The lowest BCUT2D eigenvalue weighted by Crippen LogP contribution is -2.71. The topological polar surface area (TPSA) is 167 Å². The summed E-state index contributed by atoms with van der Waals surface area (Å²) in [6, 6.07) is -2.18. The summed E-state index contributed by atoms with van der Waals surface area (Å²) in [5, 5.41) is 9.84. The Bertz CT molecular complexity index is 900. The van der Waals surface area contributed by atoms with Crippen LogP contribution in [0, 0.1) is 0 Å². The molecule has 0 radical (unpaired) electrons. The second-order valence-corrected chi connectivity index (χ2v) is 7.56. The second kappa shape index (κ2) is 8.16. The molecule has 1 aromatic heterocycles. The molecule has 0 aliphatic carbocycles. The van der Waals surface area contributed by atoms with E-state index in [0.717, 1.165) is 11.3 Å². The fraction of sp³-hybridized carbons (Fsp3) is 0.417. The van der Waals surface area contributed by atoms with Crippen molar-refractivity contribution in [1.29, 1.82) is 0 Å². The van der Waals surface area contributed by atoms with Crippen molar-refractivity contribution in [3.8, 4) is 0 Å². The predicted molar refractivity (Wildman–Crippen MR) is 94.8 cm³/mol. The van der Waals surface area contributed by atoms with Crippen LogP contribution in [0.15, 0.2) is 10.5 Å². The molecule has 0 aromatic carbocycles. The molecule has 0 bridgehead atoms. The molecule has 0 saturated carbocycles. The van der Waals surface area contributed by atoms with E-state index in [2.05, 4.69) is 25.6 Å². The number of carbonyl (C=O) groups excluding carboxylic acids is 3. The van der Waals surface area contributed by atoms with E-state index in [1.807, 2.05) is 0 Å². The third-order valence-corrected chi connectivity index (χ3v) is 5.39. The molecule has 27 heavy (non-hydrogen) atoms. The smallest absolute Gasteiger partial charge is 0.362 e. The van der Waals surface area contributed by atoms with Crippen molar-refractivity contribution in [3.63, 3.8) is 0 Å². The molecule has 15 heteroatoms. The highest BCUT2D eigenvalue weighted by molar-refractivity contribution is 7.84. The number of nitrogens with zero attached hydrogens (tertiary/aromatic N) is 3. The molecule has 3 N–H and O–H groups in total. The maximum absolute atomic E-state index is 12.4. The Balaban J connectivity index is 2.14. The van der Waals surface area contributed by atoms with Gasteiger partial charge in [-0.2, -0.15) is 8.42 Å². The molecule has 1 saturated heterocycles. The number of oxime groups is 1. The summed E-state index contributed by atoms with van der Waals surface area (Å²) in [6.45, 7) is 1.33. The summed E-state index contributed by atoms with van der Waals surface area (Å²) >= 11 is 6.39. The number of thiazole rings is 1. The van der Waals surface area contributed by atoms with Gasteiger partial charge in [-0.25, -0.2) is 9.29 Å². The van der Waals surface area contributed by atoms with Gasteiger partial charge in [0, 0.05) is 5.38 Å². The van der Waals surface area contributed by atoms with Crippen LogP contribution in [0.25, 0.3) is 0 Å². The number of alkyl halides is 1. The summed E-state index contributed by atoms with van der Waals surface area (Å²) in [5.74, 6) is -2.63. The Hall–Kier alpha value is -2.29. The highest BCUT2D eigenvalue weighted by Gasteiger charge is 2.51. The number of amides is 3. The van der Waals surface area contributed by atoms with Crippen LogP contribution in [0.5, 0.6) is 0 Å². The van der Waals surface area contributed by atoms with E-state index in [1.54, 1.807) is 0 Å². The van der Waals surface area contributed by atoms with Crippen molar-refractivity contribution < 1.29 is 32.2 Å². The number of halogens is 1. The number of hydrogen-bond donors (Lipinski definition) is 3. The fourth-order valence-corrected chi connectivity index (χ4v) is 3.86. The first kappa shape index (κ1) is 21.0. The molecule has 3 amide bonds. The molecular weight excluding hydrogens is 426 g/mol. The number of rotatable bonds is 7. The van der Waals surface area contributed by atoms with Crippen molar-refractivity contribution >= 4 is 61.8 Å². The Kier molecular flexibility index (Phi) is 6.35. The van der Waals surface area contributed by atoms with Crippen molar-refractivity contribution in [2.45, 2.75) is 19.0 Å². The van der Waals surface area contributed by atoms with Crippen LogP contribution in [0.2, 0.25) is 0 Å². The lowest BCUT2D eigenvalue weighted by molar-refractivity contribution is -0.143. The van der Waals surface area contributed by atoms with Gasteiger partial charge >= 0.3 is 10.3 Å². The average Bonchev–Trinajstić information content (AvgIpc) is 3.04. The lowest BCUT2D eigenvalue weighted by Gasteiger charge is -2.42. The number of anilines is 1. The van der Waals surface area contributed by atoms with Gasteiger partial charge in [0.15, 0.2) is 10.8 Å². The van der Waals surface area contributed by atoms with E-state index in [0.29, 0.717) is 0 Å². The molecule has 2 heterocycles. The highest BCUT2D eigenvalue weighted by atomic mass is 35.5. The first-order valence-corrected chi connectivity index (χ1v) is 9.95. The van der Waals surface area contributed by atoms with E-state index in [-0.39, 0.29) is 26.7 Å². The van der Waals surface area contributed by atoms with Crippen LogP contribution in [-0.4, -0.2) is 70.8 Å². The SMILES string of the molecule is CO/N=C(\C(=O)N[C@H]1C(=O)N(S(=O)(=O)O)[C@H]1C)c1csc(NC(=O)CCl)n1. The average molecular weight is 440 g/mol. The monoisotopic (exact) mass is 439 g/mol. The van der Waals surface area contributed by atoms with Crippen LogP contribution in [-0.2, 0) is 29.5 Å². The quantitative estimate of drug-likeness (QED) is 0.163. The number of aromatic nitrogens is 1. The number of carbonyl (C=O) groups is 3. The first-order chi connectivity index (χ1) is 12.6. The van der Waals surface area contributed by atoms with Crippen molar-refractivity contribution in [1.82, 2.24) is 14.6 Å². The maximum Gasteiger partial charge on any atom is 0.362 e. The Morgan fingerprint density at radius 1 is 1.52 bits per heavy atom. The zero-order valence-corrected chi connectivity index (χ0v) is 16.3. The van der Waals surface area contributed by atoms with E-state index in [9.17, 15) is 22.8 Å². The fourth-order valence-electron chi connectivity index (χ4n) is 2.20. The third-order valence-electron chi connectivity index (χ3n) is 3.38. The van der Waals surface area contributed by atoms with Gasteiger partial charge in [0.2, 0.25) is 5.91 Å². The zero-order valence-electron chi connectivity index (χ0n) is 13.9. The standard InChI is InChI=1S/C12H14ClN5O7S2/c1-5-8(11(21)18(5)27(22,23)24)16-10(20)9(17-25-2)6-4-26-12(14-6)15-7(19)3-13/h4-5,8H,3H2,1-2H3,(H,16,20)(H,14,15,19)(H,22,23,24)/b17-9-/t5-,8+/m0/s1. The minimum Gasteiger partial charge on any atom is -0.398 e. The lowest BCUT2D eigenvalue weighted by atomic mass is 10.0. The number of hydrogen-bond acceptors (Lipinski definition) is 9. The Labute approximate surface area is 162 Å². The van der Waals surface area contributed by atoms with Crippen molar-refractivity contribution in [2.24, 2.45) is 5.16 Å². The summed E-state index contributed by atoms with van der Waals surface area (Å²) < 4.78 is 31.4. The normalized spacial score (nSPS) is 20.1. The largest absolute Gasteiger partial charge is 0.398 e. The molecule has 0 spiro atoms. The summed E-state index contributed by atoms with van der Waals surface area (Å²) in [6.07, 6.45) is 0. The molecule has 2 rings (SSSR count). The van der Waals surface area contributed by atoms with Gasteiger partial charge in [0.05, 0.1) is 6.04 Å². The number of nitrogens with one attached hydrogen (secondary N) is 2. The highest BCUT2D eigenvalue weighted by Crippen LogP contribution is 2.23. The van der Waals surface area contributed by atoms with Crippen LogP contribution in [0.3, 0.4) is 0 Å². The van der Waals surface area contributed by atoms with Crippen LogP contribution < -0.4 is 10.6 Å². The van der Waals surface area contributed by atoms with Gasteiger partial charge in [-0.1, -0.05) is 5.16 Å². The Morgan fingerprint density at radius 3 is 2.70 bits per heavy atom. The van der Waals surface area contributed by atoms with E-state index >= 15 is 0 Å². The van der Waals surface area contributed by atoms with Gasteiger partial charge in [0.1, 0.15) is 24.7 Å². The maximum atomic E-state index is 12.4. The Morgan fingerprint density at radius 2 is 2.19 bits per heavy atom. The van der Waals surface area contributed by atoms with Crippen LogP contribution >= 0.6 is 22.9 Å². The minimum atomic E-state index is -4.71. The first-order valence-electron chi connectivity index (χ1n) is 7.14. The summed E-state index contributed by atoms with van der Waals surface area (Å²) in [7, 11) is -3.52. The molecule has 1 aromatic rings. The second-order valence-electron chi connectivity index (χ2n) is 5.15. The molecule has 148 valence electrons. The van der Waals surface area contributed by atoms with Crippen molar-refractivity contribution in [3.05, 3.63) is 11.1 Å². The van der Waals surface area contributed by atoms with E-state index in [4.69, 9.17) is 16.2 Å². The summed E-state index contributed by atoms with van der Waals surface area (Å²) in [5.41, 5.74) is -0.249. The predicted octanol–water partition coefficient (Wildman–Crippen LogP) is -0.811. The van der Waals surface area contributed by atoms with Gasteiger partial charge in [-0.3, -0.25) is 18.9 Å². The van der Waals surface area contributed by atoms with Crippen molar-refractivity contribution in [2.75, 3.05) is 18.3 Å².